The quantitative estimate of drug-likeness (QED) is 0.675. The monoisotopic (exact) mass is 216 g/mol. The van der Waals surface area contributed by atoms with E-state index >= 15 is 0 Å². The first-order chi connectivity index (χ1) is 7.79. The van der Waals surface area contributed by atoms with Gasteiger partial charge in [0.05, 0.1) is 12.2 Å². The fourth-order valence-electron chi connectivity index (χ4n) is 1.39. The van der Waals surface area contributed by atoms with Crippen LogP contribution < -0.4 is 15.4 Å². The van der Waals surface area contributed by atoms with E-state index in [1.807, 2.05) is 19.2 Å². The fourth-order valence-corrected chi connectivity index (χ4v) is 1.39. The van der Waals surface area contributed by atoms with Gasteiger partial charge in [-0.05, 0) is 25.2 Å². The molecule has 1 aliphatic rings. The molecule has 4 nitrogen and oxygen atoms in total. The molecule has 0 spiro atoms. The molecule has 0 aromatic heterocycles. The van der Waals surface area contributed by atoms with Crippen molar-refractivity contribution in [2.24, 2.45) is 0 Å². The van der Waals surface area contributed by atoms with E-state index in [-0.39, 0.29) is 12.5 Å². The molecule has 16 heavy (non-hydrogen) atoms. The highest BCUT2D eigenvalue weighted by molar-refractivity contribution is 5.95. The Kier molecular flexibility index (Phi) is 3.08. The summed E-state index contributed by atoms with van der Waals surface area (Å²) in [6.07, 6.45) is 0. The average Bonchev–Trinajstić information content (AvgIpc) is 2.29. The van der Waals surface area contributed by atoms with Crippen LogP contribution in [0.2, 0.25) is 0 Å². The van der Waals surface area contributed by atoms with Crippen LogP contribution in [0.1, 0.15) is 5.56 Å². The van der Waals surface area contributed by atoms with Crippen molar-refractivity contribution < 1.29 is 9.53 Å². The summed E-state index contributed by atoms with van der Waals surface area (Å²) in [5.74, 6) is 6.52. The van der Waals surface area contributed by atoms with Crippen molar-refractivity contribution in [3.63, 3.8) is 0 Å². The molecule has 0 bridgehead atoms. The molecule has 2 N–H and O–H groups in total. The largest absolute Gasteiger partial charge is 0.482 e. The molecule has 0 atom stereocenters. The third-order valence-corrected chi connectivity index (χ3v) is 2.11. The lowest BCUT2D eigenvalue weighted by atomic mass is 10.1. The van der Waals surface area contributed by atoms with Gasteiger partial charge in [-0.3, -0.25) is 4.79 Å². The number of carbonyl (C=O) groups excluding carboxylic acids is 1. The zero-order chi connectivity index (χ0) is 11.4. The van der Waals surface area contributed by atoms with Gasteiger partial charge in [0.2, 0.25) is 0 Å². The topological polar surface area (TPSA) is 50.4 Å². The van der Waals surface area contributed by atoms with Crippen LogP contribution in [0.25, 0.3) is 0 Å². The van der Waals surface area contributed by atoms with Gasteiger partial charge in [-0.25, -0.2) is 0 Å². The van der Waals surface area contributed by atoms with Crippen molar-refractivity contribution in [2.45, 2.75) is 0 Å². The third-order valence-electron chi connectivity index (χ3n) is 2.11. The highest BCUT2D eigenvalue weighted by atomic mass is 16.5. The fraction of sp³-hybridized carbons (Fsp3) is 0.250. The van der Waals surface area contributed by atoms with Crippen LogP contribution in [0.5, 0.6) is 5.75 Å². The van der Waals surface area contributed by atoms with Crippen molar-refractivity contribution in [3.8, 4) is 17.6 Å². The van der Waals surface area contributed by atoms with Gasteiger partial charge in [-0.2, -0.15) is 0 Å². The highest BCUT2D eigenvalue weighted by Gasteiger charge is 2.15. The number of hydrogen-bond acceptors (Lipinski definition) is 3. The number of benzene rings is 1. The van der Waals surface area contributed by atoms with Gasteiger partial charge in [0.25, 0.3) is 5.91 Å². The number of fused-ring (bicyclic) bond motifs is 1. The van der Waals surface area contributed by atoms with Crippen LogP contribution in [-0.2, 0) is 4.79 Å². The van der Waals surface area contributed by atoms with Gasteiger partial charge in [0.15, 0.2) is 6.61 Å². The number of nitrogens with one attached hydrogen (secondary N) is 2. The first-order valence-corrected chi connectivity index (χ1v) is 5.00. The van der Waals surface area contributed by atoms with E-state index in [1.165, 1.54) is 0 Å². The molecule has 0 radical (unpaired) electrons. The van der Waals surface area contributed by atoms with E-state index in [4.69, 9.17) is 4.74 Å². The Bertz CT molecular complexity index is 472. The minimum Gasteiger partial charge on any atom is -0.482 e. The second kappa shape index (κ2) is 4.69. The molecule has 1 heterocycles. The molecule has 82 valence electrons. The summed E-state index contributed by atoms with van der Waals surface area (Å²) in [4.78, 5) is 11.0. The second-order valence-electron chi connectivity index (χ2n) is 3.38. The highest BCUT2D eigenvalue weighted by Crippen LogP contribution is 2.28. The predicted octanol–water partition coefficient (Wildman–Crippen LogP) is 0.588. The molecular weight excluding hydrogens is 204 g/mol. The maximum Gasteiger partial charge on any atom is 0.262 e. The summed E-state index contributed by atoms with van der Waals surface area (Å²) in [6, 6.07) is 5.49. The number of ether oxygens (including phenoxy) is 1. The van der Waals surface area contributed by atoms with Gasteiger partial charge in [-0.1, -0.05) is 11.8 Å². The minimum absolute atomic E-state index is 0.0698. The summed E-state index contributed by atoms with van der Waals surface area (Å²) in [5, 5.41) is 5.67. The Balaban J connectivity index is 2.20. The molecular formula is C12H12N2O2. The van der Waals surface area contributed by atoms with E-state index in [0.717, 1.165) is 5.56 Å². The van der Waals surface area contributed by atoms with Crippen molar-refractivity contribution in [1.29, 1.82) is 0 Å². The van der Waals surface area contributed by atoms with Gasteiger partial charge >= 0.3 is 0 Å². The van der Waals surface area contributed by atoms with Crippen molar-refractivity contribution in [1.82, 2.24) is 5.32 Å². The number of carbonyl (C=O) groups is 1. The molecule has 0 saturated carbocycles. The third kappa shape index (κ3) is 2.33. The van der Waals surface area contributed by atoms with Gasteiger partial charge in [0, 0.05) is 5.56 Å². The maximum absolute atomic E-state index is 11.0. The van der Waals surface area contributed by atoms with E-state index in [2.05, 4.69) is 22.5 Å². The Labute approximate surface area is 94.0 Å². The number of anilines is 1. The number of rotatable bonds is 1. The second-order valence-corrected chi connectivity index (χ2v) is 3.38. The molecule has 4 heteroatoms. The first-order valence-electron chi connectivity index (χ1n) is 5.00. The van der Waals surface area contributed by atoms with E-state index in [1.54, 1.807) is 6.07 Å². The summed E-state index contributed by atoms with van der Waals surface area (Å²) < 4.78 is 5.29. The van der Waals surface area contributed by atoms with Crippen LogP contribution in [-0.4, -0.2) is 26.1 Å². The Hall–Kier alpha value is -1.99. The summed E-state index contributed by atoms with van der Waals surface area (Å²) in [5.41, 5.74) is 1.58. The lowest BCUT2D eigenvalue weighted by molar-refractivity contribution is -0.118. The molecule has 0 fully saturated rings. The van der Waals surface area contributed by atoms with Crippen LogP contribution in [0, 0.1) is 11.8 Å². The van der Waals surface area contributed by atoms with Crippen molar-refractivity contribution in [3.05, 3.63) is 23.8 Å². The predicted molar refractivity (Wildman–Crippen MR) is 61.4 cm³/mol. The first kappa shape index (κ1) is 10.5. The van der Waals surface area contributed by atoms with Crippen LogP contribution >= 0.6 is 0 Å². The summed E-state index contributed by atoms with van der Waals surface area (Å²) in [6.45, 7) is 0.717. The van der Waals surface area contributed by atoms with Gasteiger partial charge < -0.3 is 15.4 Å². The van der Waals surface area contributed by atoms with Crippen molar-refractivity contribution in [2.75, 3.05) is 25.5 Å². The lowest BCUT2D eigenvalue weighted by Gasteiger charge is -2.17. The normalized spacial score (nSPS) is 12.9. The van der Waals surface area contributed by atoms with Gasteiger partial charge in [0.1, 0.15) is 5.75 Å². The summed E-state index contributed by atoms with van der Waals surface area (Å²) >= 11 is 0. The van der Waals surface area contributed by atoms with Gasteiger partial charge in [-0.15, -0.1) is 0 Å². The Morgan fingerprint density at radius 1 is 1.56 bits per heavy atom. The molecule has 1 aromatic rings. The minimum atomic E-state index is -0.124. The zero-order valence-electron chi connectivity index (χ0n) is 8.96. The zero-order valence-corrected chi connectivity index (χ0v) is 8.96. The molecule has 1 amide bonds. The smallest absolute Gasteiger partial charge is 0.262 e. The molecule has 0 unspecified atom stereocenters. The molecule has 2 rings (SSSR count). The standard InChI is InChI=1S/C12H12N2O2/c1-13-6-2-3-9-4-5-10-11(7-9)16-8-12(15)14-10/h4-5,7,13H,6,8H2,1H3,(H,14,15). The Morgan fingerprint density at radius 3 is 3.25 bits per heavy atom. The summed E-state index contributed by atoms with van der Waals surface area (Å²) in [7, 11) is 1.85. The van der Waals surface area contributed by atoms with E-state index in [9.17, 15) is 4.79 Å². The van der Waals surface area contributed by atoms with E-state index < -0.39 is 0 Å². The molecule has 0 aliphatic carbocycles. The molecule has 0 saturated heterocycles. The Morgan fingerprint density at radius 2 is 2.44 bits per heavy atom. The number of hydrogen-bond donors (Lipinski definition) is 2. The van der Waals surface area contributed by atoms with E-state index in [0.29, 0.717) is 18.0 Å². The number of amides is 1. The average molecular weight is 216 g/mol. The molecule has 1 aromatic carbocycles. The van der Waals surface area contributed by atoms with Crippen LogP contribution in [0.4, 0.5) is 5.69 Å². The lowest BCUT2D eigenvalue weighted by Crippen LogP contribution is -2.25. The SMILES string of the molecule is CNCC#Cc1ccc2c(c1)OCC(=O)N2. The maximum atomic E-state index is 11.0. The molecule has 1 aliphatic heterocycles. The van der Waals surface area contributed by atoms with Crippen LogP contribution in [0.3, 0.4) is 0 Å². The van der Waals surface area contributed by atoms with Crippen molar-refractivity contribution >= 4 is 11.6 Å². The van der Waals surface area contributed by atoms with Crippen LogP contribution in [0.15, 0.2) is 18.2 Å².